The number of benzene rings is 1. The first-order valence-electron chi connectivity index (χ1n) is 9.41. The molecular weight excluding hydrogens is 326 g/mol. The molecule has 1 fully saturated rings. The normalized spacial score (nSPS) is 15.0. The molecule has 1 aromatic carbocycles. The molecule has 0 bridgehead atoms. The van der Waals surface area contributed by atoms with E-state index >= 15 is 0 Å². The fraction of sp³-hybridized carbons (Fsp3) is 0.500. The Balaban J connectivity index is 1.66. The summed E-state index contributed by atoms with van der Waals surface area (Å²) in [7, 11) is 0. The summed E-state index contributed by atoms with van der Waals surface area (Å²) in [5.41, 5.74) is 3.66. The van der Waals surface area contributed by atoms with Crippen LogP contribution in [0, 0.1) is 13.8 Å². The SMILES string of the molecule is CCc1cccc(C)c1Nc1cc(NCCN2CCOCC2)nc(C)n1. The molecule has 2 aromatic rings. The minimum absolute atomic E-state index is 0.760. The fourth-order valence-corrected chi connectivity index (χ4v) is 3.22. The van der Waals surface area contributed by atoms with Crippen LogP contribution in [0.2, 0.25) is 0 Å². The molecule has 0 unspecified atom stereocenters. The number of para-hydroxylation sites is 1. The highest BCUT2D eigenvalue weighted by Crippen LogP contribution is 2.25. The molecule has 1 aliphatic heterocycles. The summed E-state index contributed by atoms with van der Waals surface area (Å²) in [5.74, 6) is 2.45. The summed E-state index contributed by atoms with van der Waals surface area (Å²) in [6, 6.07) is 8.36. The maximum absolute atomic E-state index is 5.39. The van der Waals surface area contributed by atoms with Crippen LogP contribution in [-0.4, -0.2) is 54.3 Å². The Morgan fingerprint density at radius 1 is 1.12 bits per heavy atom. The van der Waals surface area contributed by atoms with Crippen LogP contribution in [0.1, 0.15) is 23.9 Å². The molecule has 1 saturated heterocycles. The second kappa shape index (κ2) is 8.96. The van der Waals surface area contributed by atoms with Gasteiger partial charge in [0, 0.05) is 37.9 Å². The van der Waals surface area contributed by atoms with E-state index in [0.29, 0.717) is 0 Å². The van der Waals surface area contributed by atoms with Crippen LogP contribution in [-0.2, 0) is 11.2 Å². The lowest BCUT2D eigenvalue weighted by atomic mass is 10.1. The maximum Gasteiger partial charge on any atom is 0.136 e. The summed E-state index contributed by atoms with van der Waals surface area (Å²) in [4.78, 5) is 11.5. The largest absolute Gasteiger partial charge is 0.379 e. The van der Waals surface area contributed by atoms with Crippen LogP contribution >= 0.6 is 0 Å². The molecule has 26 heavy (non-hydrogen) atoms. The van der Waals surface area contributed by atoms with Crippen molar-refractivity contribution in [3.63, 3.8) is 0 Å². The van der Waals surface area contributed by atoms with Gasteiger partial charge >= 0.3 is 0 Å². The first-order valence-corrected chi connectivity index (χ1v) is 9.41. The number of anilines is 3. The van der Waals surface area contributed by atoms with Gasteiger partial charge in [-0.15, -0.1) is 0 Å². The van der Waals surface area contributed by atoms with Gasteiger partial charge in [0.15, 0.2) is 0 Å². The number of ether oxygens (including phenoxy) is 1. The van der Waals surface area contributed by atoms with Crippen molar-refractivity contribution >= 4 is 17.3 Å². The lowest BCUT2D eigenvalue weighted by Crippen LogP contribution is -2.39. The summed E-state index contributed by atoms with van der Waals surface area (Å²) in [5, 5.41) is 6.92. The van der Waals surface area contributed by atoms with E-state index in [9.17, 15) is 0 Å². The van der Waals surface area contributed by atoms with Crippen LogP contribution in [0.4, 0.5) is 17.3 Å². The van der Waals surface area contributed by atoms with Crippen molar-refractivity contribution in [2.24, 2.45) is 0 Å². The summed E-state index contributed by atoms with van der Waals surface area (Å²) in [6.07, 6.45) is 0.985. The predicted molar refractivity (Wildman–Crippen MR) is 106 cm³/mol. The molecule has 0 amide bonds. The third-order valence-electron chi connectivity index (χ3n) is 4.67. The summed E-state index contributed by atoms with van der Waals surface area (Å²) >= 11 is 0. The Morgan fingerprint density at radius 3 is 2.65 bits per heavy atom. The quantitative estimate of drug-likeness (QED) is 0.796. The zero-order valence-electron chi connectivity index (χ0n) is 16.0. The van der Waals surface area contributed by atoms with E-state index in [0.717, 1.165) is 69.0 Å². The van der Waals surface area contributed by atoms with Crippen molar-refractivity contribution in [2.45, 2.75) is 27.2 Å². The summed E-state index contributed by atoms with van der Waals surface area (Å²) < 4.78 is 5.39. The Morgan fingerprint density at radius 2 is 1.88 bits per heavy atom. The molecule has 0 atom stereocenters. The maximum atomic E-state index is 5.39. The van der Waals surface area contributed by atoms with E-state index in [1.165, 1.54) is 11.1 Å². The minimum atomic E-state index is 0.760. The fourth-order valence-electron chi connectivity index (χ4n) is 3.22. The van der Waals surface area contributed by atoms with Crippen molar-refractivity contribution < 1.29 is 4.74 Å². The molecule has 0 aliphatic carbocycles. The number of hydrogen-bond acceptors (Lipinski definition) is 6. The van der Waals surface area contributed by atoms with Gasteiger partial charge in [-0.3, -0.25) is 4.90 Å². The number of rotatable bonds is 7. The van der Waals surface area contributed by atoms with Gasteiger partial charge in [0.2, 0.25) is 0 Å². The molecule has 2 N–H and O–H groups in total. The Bertz CT molecular complexity index is 728. The second-order valence-corrected chi connectivity index (χ2v) is 6.65. The zero-order chi connectivity index (χ0) is 18.4. The van der Waals surface area contributed by atoms with Gasteiger partial charge in [-0.1, -0.05) is 25.1 Å². The smallest absolute Gasteiger partial charge is 0.136 e. The topological polar surface area (TPSA) is 62.3 Å². The lowest BCUT2D eigenvalue weighted by molar-refractivity contribution is 0.0398. The number of nitrogens with one attached hydrogen (secondary N) is 2. The van der Waals surface area contributed by atoms with Crippen molar-refractivity contribution in [3.05, 3.63) is 41.2 Å². The molecule has 0 radical (unpaired) electrons. The van der Waals surface area contributed by atoms with Crippen LogP contribution in [0.25, 0.3) is 0 Å². The van der Waals surface area contributed by atoms with E-state index in [4.69, 9.17) is 4.74 Å². The number of morpholine rings is 1. The standard InChI is InChI=1S/C20H29N5O/c1-4-17-7-5-6-15(2)20(17)24-19-14-18(22-16(3)23-19)21-8-9-25-10-12-26-13-11-25/h5-7,14H,4,8-13H2,1-3H3,(H2,21,22,23,24). The number of nitrogens with zero attached hydrogens (tertiary/aromatic N) is 3. The van der Waals surface area contributed by atoms with Crippen LogP contribution in [0.15, 0.2) is 24.3 Å². The predicted octanol–water partition coefficient (Wildman–Crippen LogP) is 3.14. The minimum Gasteiger partial charge on any atom is -0.379 e. The van der Waals surface area contributed by atoms with E-state index in [1.54, 1.807) is 0 Å². The Hall–Kier alpha value is -2.18. The van der Waals surface area contributed by atoms with Gasteiger partial charge in [-0.2, -0.15) is 0 Å². The molecule has 140 valence electrons. The first-order chi connectivity index (χ1) is 12.7. The van der Waals surface area contributed by atoms with Crippen molar-refractivity contribution in [1.29, 1.82) is 0 Å². The Labute approximate surface area is 156 Å². The third-order valence-corrected chi connectivity index (χ3v) is 4.67. The highest BCUT2D eigenvalue weighted by Gasteiger charge is 2.10. The van der Waals surface area contributed by atoms with Crippen molar-refractivity contribution in [1.82, 2.24) is 14.9 Å². The lowest BCUT2D eigenvalue weighted by Gasteiger charge is -2.26. The highest BCUT2D eigenvalue weighted by molar-refractivity contribution is 5.66. The summed E-state index contributed by atoms with van der Waals surface area (Å²) in [6.45, 7) is 11.7. The number of aromatic nitrogens is 2. The number of aryl methyl sites for hydroxylation is 3. The van der Waals surface area contributed by atoms with E-state index in [2.05, 4.69) is 57.5 Å². The van der Waals surface area contributed by atoms with Crippen LogP contribution in [0.3, 0.4) is 0 Å². The molecule has 6 heteroatoms. The highest BCUT2D eigenvalue weighted by atomic mass is 16.5. The molecule has 0 spiro atoms. The zero-order valence-corrected chi connectivity index (χ0v) is 16.0. The van der Waals surface area contributed by atoms with Gasteiger partial charge in [0.1, 0.15) is 17.5 Å². The Kier molecular flexibility index (Phi) is 6.41. The third kappa shape index (κ3) is 4.93. The van der Waals surface area contributed by atoms with E-state index in [-0.39, 0.29) is 0 Å². The molecule has 2 heterocycles. The van der Waals surface area contributed by atoms with E-state index < -0.39 is 0 Å². The molecule has 1 aliphatic rings. The first kappa shape index (κ1) is 18.6. The van der Waals surface area contributed by atoms with Crippen molar-refractivity contribution in [3.8, 4) is 0 Å². The molecule has 3 rings (SSSR count). The average molecular weight is 355 g/mol. The van der Waals surface area contributed by atoms with Crippen LogP contribution < -0.4 is 10.6 Å². The van der Waals surface area contributed by atoms with Crippen molar-refractivity contribution in [2.75, 3.05) is 50.0 Å². The van der Waals surface area contributed by atoms with Crippen LogP contribution in [0.5, 0.6) is 0 Å². The van der Waals surface area contributed by atoms with E-state index in [1.807, 2.05) is 13.0 Å². The van der Waals surface area contributed by atoms with Gasteiger partial charge in [0.05, 0.1) is 13.2 Å². The molecular formula is C20H29N5O. The molecule has 1 aromatic heterocycles. The van der Waals surface area contributed by atoms with Gasteiger partial charge in [-0.25, -0.2) is 9.97 Å². The second-order valence-electron chi connectivity index (χ2n) is 6.65. The monoisotopic (exact) mass is 355 g/mol. The number of hydrogen-bond donors (Lipinski definition) is 2. The molecule has 6 nitrogen and oxygen atoms in total. The average Bonchev–Trinajstić information content (AvgIpc) is 2.64. The van der Waals surface area contributed by atoms with Gasteiger partial charge in [0.25, 0.3) is 0 Å². The molecule has 0 saturated carbocycles. The van der Waals surface area contributed by atoms with Gasteiger partial charge in [-0.05, 0) is 31.4 Å². The van der Waals surface area contributed by atoms with Gasteiger partial charge < -0.3 is 15.4 Å².